The Balaban J connectivity index is 1.72. The summed E-state index contributed by atoms with van der Waals surface area (Å²) in [7, 11) is 0. The molecule has 29 heavy (non-hydrogen) atoms. The molecule has 2 aliphatic heterocycles. The van der Waals surface area contributed by atoms with Crippen LogP contribution in [0.4, 0.5) is 0 Å². The second kappa shape index (κ2) is 9.37. The number of guanidine groups is 1. The van der Waals surface area contributed by atoms with Gasteiger partial charge in [-0.1, -0.05) is 19.9 Å². The number of likely N-dealkylation sites (tertiary alicyclic amines) is 1. The lowest BCUT2D eigenvalue weighted by Crippen LogP contribution is -2.47. The normalized spacial score (nSPS) is 19.8. The largest absolute Gasteiger partial charge is 0.486 e. The minimum absolute atomic E-state index is 0.154. The number of primary amides is 1. The number of carbonyl (C=O) groups excluding carboxylic acids is 1. The molecule has 2 heterocycles. The van der Waals surface area contributed by atoms with Crippen LogP contribution in [0.3, 0.4) is 0 Å². The Morgan fingerprint density at radius 1 is 1.31 bits per heavy atom. The summed E-state index contributed by atoms with van der Waals surface area (Å²) in [5.41, 5.74) is 6.43. The van der Waals surface area contributed by atoms with Crippen molar-refractivity contribution in [1.29, 1.82) is 0 Å². The number of nitrogens with two attached hydrogens (primary N) is 1. The van der Waals surface area contributed by atoms with E-state index >= 15 is 0 Å². The summed E-state index contributed by atoms with van der Waals surface area (Å²) in [6.07, 6.45) is 2.54. The third-order valence-electron chi connectivity index (χ3n) is 5.59. The van der Waals surface area contributed by atoms with E-state index < -0.39 is 0 Å². The molecule has 3 rings (SSSR count). The van der Waals surface area contributed by atoms with Gasteiger partial charge in [0, 0.05) is 31.5 Å². The molecule has 3 N–H and O–H groups in total. The quantitative estimate of drug-likeness (QED) is 0.563. The van der Waals surface area contributed by atoms with E-state index in [1.165, 1.54) is 5.56 Å². The molecule has 1 saturated heterocycles. The van der Waals surface area contributed by atoms with Crippen molar-refractivity contribution in [2.45, 2.75) is 45.4 Å². The molecular formula is C22H34N4O3. The molecule has 1 fully saturated rings. The number of hydrogen-bond acceptors (Lipinski definition) is 4. The molecule has 160 valence electrons. The lowest BCUT2D eigenvalue weighted by molar-refractivity contribution is -0.119. The Hall–Kier alpha value is -2.44. The van der Waals surface area contributed by atoms with Gasteiger partial charge in [-0.3, -0.25) is 9.79 Å². The zero-order valence-corrected chi connectivity index (χ0v) is 17.9. The van der Waals surface area contributed by atoms with Crippen LogP contribution in [0.25, 0.3) is 0 Å². The van der Waals surface area contributed by atoms with Crippen LogP contribution in [0.2, 0.25) is 0 Å². The average molecular weight is 403 g/mol. The van der Waals surface area contributed by atoms with Gasteiger partial charge in [0.15, 0.2) is 17.5 Å². The molecule has 0 aliphatic carbocycles. The van der Waals surface area contributed by atoms with Crippen molar-refractivity contribution in [2.24, 2.45) is 16.6 Å². The Labute approximate surface area is 173 Å². The maximum atomic E-state index is 11.3. The highest BCUT2D eigenvalue weighted by atomic mass is 16.6. The van der Waals surface area contributed by atoms with Gasteiger partial charge in [-0.2, -0.15) is 0 Å². The van der Waals surface area contributed by atoms with E-state index in [9.17, 15) is 4.79 Å². The molecule has 0 aromatic heterocycles. The van der Waals surface area contributed by atoms with Crippen LogP contribution in [-0.4, -0.2) is 56.2 Å². The maximum absolute atomic E-state index is 11.3. The standard InChI is InChI=1S/C22H34N4O3/c1-4-24-21(26-9-5-6-16(14-26)12-20(23)27)25-15-22(2,3)17-7-8-18-19(13-17)29-11-10-28-18/h7-8,13,16H,4-6,9-12,14-15H2,1-3H3,(H2,23,27)(H,24,25). The first-order valence-corrected chi connectivity index (χ1v) is 10.6. The number of nitrogens with zero attached hydrogens (tertiary/aromatic N) is 2. The van der Waals surface area contributed by atoms with Crippen molar-refractivity contribution in [2.75, 3.05) is 39.4 Å². The highest BCUT2D eigenvalue weighted by Gasteiger charge is 2.26. The molecule has 0 radical (unpaired) electrons. The molecular weight excluding hydrogens is 368 g/mol. The number of rotatable bonds is 6. The molecule has 0 saturated carbocycles. The first kappa shape index (κ1) is 21.3. The second-order valence-corrected chi connectivity index (χ2v) is 8.54. The zero-order chi connectivity index (χ0) is 20.9. The number of piperidine rings is 1. The highest BCUT2D eigenvalue weighted by Crippen LogP contribution is 2.35. The van der Waals surface area contributed by atoms with Crippen molar-refractivity contribution < 1.29 is 14.3 Å². The van der Waals surface area contributed by atoms with Gasteiger partial charge in [-0.25, -0.2) is 0 Å². The molecule has 0 spiro atoms. The molecule has 1 atom stereocenters. The number of amides is 1. The average Bonchev–Trinajstić information content (AvgIpc) is 2.70. The second-order valence-electron chi connectivity index (χ2n) is 8.54. The lowest BCUT2D eigenvalue weighted by atomic mass is 9.84. The first-order valence-electron chi connectivity index (χ1n) is 10.6. The summed E-state index contributed by atoms with van der Waals surface area (Å²) < 4.78 is 11.4. The molecule has 1 aromatic carbocycles. The van der Waals surface area contributed by atoms with E-state index in [1.807, 2.05) is 6.07 Å². The summed E-state index contributed by atoms with van der Waals surface area (Å²) in [5.74, 6) is 2.60. The van der Waals surface area contributed by atoms with Crippen LogP contribution < -0.4 is 20.5 Å². The van der Waals surface area contributed by atoms with Gasteiger partial charge in [-0.05, 0) is 43.4 Å². The highest BCUT2D eigenvalue weighted by molar-refractivity contribution is 5.80. The van der Waals surface area contributed by atoms with Gasteiger partial charge < -0.3 is 25.4 Å². The Bertz CT molecular complexity index is 748. The van der Waals surface area contributed by atoms with Crippen molar-refractivity contribution in [3.8, 4) is 11.5 Å². The summed E-state index contributed by atoms with van der Waals surface area (Å²) in [5, 5.41) is 3.42. The fourth-order valence-electron chi connectivity index (χ4n) is 3.96. The van der Waals surface area contributed by atoms with Crippen molar-refractivity contribution in [3.05, 3.63) is 23.8 Å². The van der Waals surface area contributed by atoms with Crippen LogP contribution in [-0.2, 0) is 10.2 Å². The Kier molecular flexibility index (Phi) is 6.87. The Morgan fingerprint density at radius 2 is 2.07 bits per heavy atom. The summed E-state index contributed by atoms with van der Waals surface area (Å²) in [6, 6.07) is 6.15. The van der Waals surface area contributed by atoms with Crippen LogP contribution >= 0.6 is 0 Å². The molecule has 7 heteroatoms. The first-order chi connectivity index (χ1) is 13.9. The fraction of sp³-hybridized carbons (Fsp3) is 0.636. The van der Waals surface area contributed by atoms with Crippen LogP contribution in [0.5, 0.6) is 11.5 Å². The van der Waals surface area contributed by atoms with Crippen molar-refractivity contribution in [3.63, 3.8) is 0 Å². The van der Waals surface area contributed by atoms with Crippen LogP contribution in [0.1, 0.15) is 45.6 Å². The van der Waals surface area contributed by atoms with E-state index in [2.05, 4.69) is 43.1 Å². The van der Waals surface area contributed by atoms with E-state index in [1.54, 1.807) is 0 Å². The molecule has 1 unspecified atom stereocenters. The van der Waals surface area contributed by atoms with Crippen LogP contribution in [0, 0.1) is 5.92 Å². The summed E-state index contributed by atoms with van der Waals surface area (Å²) in [4.78, 5) is 18.5. The number of benzene rings is 1. The van der Waals surface area contributed by atoms with Gasteiger partial charge in [-0.15, -0.1) is 0 Å². The molecule has 1 aromatic rings. The molecule has 1 amide bonds. The van der Waals surface area contributed by atoms with E-state index in [0.29, 0.717) is 32.1 Å². The SMILES string of the molecule is CCNC(=NCC(C)(C)c1ccc2c(c1)OCCO2)N1CCCC(CC(N)=O)C1. The molecule has 2 aliphatic rings. The number of fused-ring (bicyclic) bond motifs is 1. The number of hydrogen-bond donors (Lipinski definition) is 2. The molecule has 0 bridgehead atoms. The van der Waals surface area contributed by atoms with E-state index in [-0.39, 0.29) is 11.3 Å². The zero-order valence-electron chi connectivity index (χ0n) is 17.9. The maximum Gasteiger partial charge on any atom is 0.217 e. The number of nitrogens with one attached hydrogen (secondary N) is 1. The van der Waals surface area contributed by atoms with E-state index in [4.69, 9.17) is 20.2 Å². The van der Waals surface area contributed by atoms with E-state index in [0.717, 1.165) is 49.9 Å². The lowest BCUT2D eigenvalue weighted by Gasteiger charge is -2.35. The van der Waals surface area contributed by atoms with Gasteiger partial charge >= 0.3 is 0 Å². The predicted molar refractivity (Wildman–Crippen MR) is 115 cm³/mol. The van der Waals surface area contributed by atoms with Gasteiger partial charge in [0.2, 0.25) is 5.91 Å². The minimum Gasteiger partial charge on any atom is -0.486 e. The summed E-state index contributed by atoms with van der Waals surface area (Å²) >= 11 is 0. The summed E-state index contributed by atoms with van der Waals surface area (Å²) in [6.45, 7) is 10.9. The number of carbonyl (C=O) groups is 1. The predicted octanol–water partition coefficient (Wildman–Crippen LogP) is 2.29. The Morgan fingerprint density at radius 3 is 2.79 bits per heavy atom. The number of aliphatic imine (C=N–C) groups is 1. The topological polar surface area (TPSA) is 89.2 Å². The third kappa shape index (κ3) is 5.55. The molecule has 7 nitrogen and oxygen atoms in total. The van der Waals surface area contributed by atoms with Crippen molar-refractivity contribution in [1.82, 2.24) is 10.2 Å². The fourth-order valence-corrected chi connectivity index (χ4v) is 3.96. The van der Waals surface area contributed by atoms with Gasteiger partial charge in [0.25, 0.3) is 0 Å². The smallest absolute Gasteiger partial charge is 0.217 e. The van der Waals surface area contributed by atoms with Gasteiger partial charge in [0.1, 0.15) is 13.2 Å². The van der Waals surface area contributed by atoms with Crippen LogP contribution in [0.15, 0.2) is 23.2 Å². The third-order valence-corrected chi connectivity index (χ3v) is 5.59. The monoisotopic (exact) mass is 402 g/mol. The number of ether oxygens (including phenoxy) is 2. The van der Waals surface area contributed by atoms with Crippen molar-refractivity contribution >= 4 is 11.9 Å². The van der Waals surface area contributed by atoms with Gasteiger partial charge in [0.05, 0.1) is 6.54 Å². The minimum atomic E-state index is -0.224.